The van der Waals surface area contributed by atoms with Crippen molar-refractivity contribution in [1.82, 2.24) is 9.88 Å². The van der Waals surface area contributed by atoms with Gasteiger partial charge in [-0.15, -0.1) is 0 Å². The lowest BCUT2D eigenvalue weighted by Crippen LogP contribution is -2.48. The number of likely N-dealkylation sites (tertiary alicyclic amines) is 1. The second-order valence-electron chi connectivity index (χ2n) is 4.67. The zero-order valence-electron chi connectivity index (χ0n) is 11.3. The summed E-state index contributed by atoms with van der Waals surface area (Å²) in [5.74, 6) is -0.477. The number of pyridine rings is 1. The maximum atomic E-state index is 12.5. The molecule has 19 heavy (non-hydrogen) atoms. The van der Waals surface area contributed by atoms with Crippen molar-refractivity contribution >= 4 is 11.9 Å². The van der Waals surface area contributed by atoms with Crippen LogP contribution in [0, 0.1) is 6.92 Å². The third-order valence-corrected chi connectivity index (χ3v) is 3.47. The van der Waals surface area contributed by atoms with Gasteiger partial charge in [-0.1, -0.05) is 0 Å². The summed E-state index contributed by atoms with van der Waals surface area (Å²) >= 11 is 0. The Labute approximate surface area is 112 Å². The number of piperidine rings is 1. The van der Waals surface area contributed by atoms with Crippen LogP contribution in [-0.4, -0.2) is 41.5 Å². The first-order valence-corrected chi connectivity index (χ1v) is 6.45. The fourth-order valence-electron chi connectivity index (χ4n) is 2.42. The van der Waals surface area contributed by atoms with E-state index in [0.29, 0.717) is 24.2 Å². The van der Waals surface area contributed by atoms with Crippen molar-refractivity contribution in [1.29, 1.82) is 0 Å². The number of aromatic nitrogens is 1. The number of esters is 1. The van der Waals surface area contributed by atoms with E-state index >= 15 is 0 Å². The Kier molecular flexibility index (Phi) is 4.14. The summed E-state index contributed by atoms with van der Waals surface area (Å²) in [4.78, 5) is 30.0. The van der Waals surface area contributed by atoms with Crippen LogP contribution in [0.4, 0.5) is 0 Å². The van der Waals surface area contributed by atoms with Crippen LogP contribution < -0.4 is 0 Å². The molecule has 1 fully saturated rings. The molecule has 0 aliphatic carbocycles. The summed E-state index contributed by atoms with van der Waals surface area (Å²) < 4.78 is 4.79. The van der Waals surface area contributed by atoms with Gasteiger partial charge in [0.1, 0.15) is 6.04 Å². The van der Waals surface area contributed by atoms with Crippen LogP contribution in [0.25, 0.3) is 0 Å². The number of ether oxygens (including phenoxy) is 1. The van der Waals surface area contributed by atoms with E-state index in [1.54, 1.807) is 30.2 Å². The summed E-state index contributed by atoms with van der Waals surface area (Å²) in [6, 6.07) is 3.01. The Hall–Kier alpha value is -1.91. The number of rotatable bonds is 2. The molecule has 2 heterocycles. The smallest absolute Gasteiger partial charge is 0.328 e. The number of methoxy groups -OCH3 is 1. The maximum absolute atomic E-state index is 12.5. The highest BCUT2D eigenvalue weighted by molar-refractivity contribution is 5.97. The molecule has 1 aliphatic rings. The minimum absolute atomic E-state index is 0.138. The van der Waals surface area contributed by atoms with E-state index in [-0.39, 0.29) is 11.9 Å². The minimum atomic E-state index is -0.467. The molecule has 1 aromatic heterocycles. The Morgan fingerprint density at radius 2 is 2.21 bits per heavy atom. The highest BCUT2D eigenvalue weighted by atomic mass is 16.5. The van der Waals surface area contributed by atoms with Crippen LogP contribution in [-0.2, 0) is 9.53 Å². The molecular weight excluding hydrogens is 244 g/mol. The molecule has 1 aliphatic heterocycles. The number of carbonyl (C=O) groups is 2. The first kappa shape index (κ1) is 13.5. The Morgan fingerprint density at radius 3 is 2.89 bits per heavy atom. The largest absolute Gasteiger partial charge is 0.467 e. The third kappa shape index (κ3) is 2.75. The van der Waals surface area contributed by atoms with Gasteiger partial charge in [-0.25, -0.2) is 4.79 Å². The van der Waals surface area contributed by atoms with Crippen LogP contribution >= 0.6 is 0 Å². The third-order valence-electron chi connectivity index (χ3n) is 3.47. The second-order valence-corrected chi connectivity index (χ2v) is 4.67. The SMILES string of the molecule is COC(=O)C1CCCCN1C(=O)c1cccnc1C. The van der Waals surface area contributed by atoms with E-state index < -0.39 is 6.04 Å². The second kappa shape index (κ2) is 5.82. The lowest BCUT2D eigenvalue weighted by Gasteiger charge is -2.34. The van der Waals surface area contributed by atoms with E-state index in [1.165, 1.54) is 7.11 Å². The summed E-state index contributed by atoms with van der Waals surface area (Å²) in [6.07, 6.45) is 4.17. The predicted octanol–water partition coefficient (Wildman–Crippen LogP) is 1.56. The average Bonchev–Trinajstić information content (AvgIpc) is 2.46. The number of hydrogen-bond donors (Lipinski definition) is 0. The summed E-state index contributed by atoms with van der Waals surface area (Å²) in [6.45, 7) is 2.39. The van der Waals surface area contributed by atoms with Crippen LogP contribution in [0.2, 0.25) is 0 Å². The quantitative estimate of drug-likeness (QED) is 0.759. The van der Waals surface area contributed by atoms with Crippen molar-refractivity contribution in [3.05, 3.63) is 29.6 Å². The zero-order valence-corrected chi connectivity index (χ0v) is 11.3. The molecule has 1 aromatic rings. The van der Waals surface area contributed by atoms with E-state index in [1.807, 2.05) is 0 Å². The number of amides is 1. The highest BCUT2D eigenvalue weighted by Crippen LogP contribution is 2.21. The molecule has 0 N–H and O–H groups in total. The topological polar surface area (TPSA) is 59.5 Å². The molecular formula is C14H18N2O3. The number of aryl methyl sites for hydroxylation is 1. The molecule has 0 radical (unpaired) electrons. The average molecular weight is 262 g/mol. The van der Waals surface area contributed by atoms with Crippen LogP contribution in [0.5, 0.6) is 0 Å². The zero-order chi connectivity index (χ0) is 13.8. The summed E-state index contributed by atoms with van der Waals surface area (Å²) in [5.41, 5.74) is 1.24. The number of nitrogens with zero attached hydrogens (tertiary/aromatic N) is 2. The lowest BCUT2D eigenvalue weighted by atomic mass is 10.0. The predicted molar refractivity (Wildman–Crippen MR) is 69.7 cm³/mol. The van der Waals surface area contributed by atoms with Crippen molar-refractivity contribution < 1.29 is 14.3 Å². The summed E-state index contributed by atoms with van der Waals surface area (Å²) in [5, 5.41) is 0. The lowest BCUT2D eigenvalue weighted by molar-refractivity contribution is -0.147. The van der Waals surface area contributed by atoms with Crippen molar-refractivity contribution in [2.45, 2.75) is 32.2 Å². The monoisotopic (exact) mass is 262 g/mol. The van der Waals surface area contributed by atoms with Gasteiger partial charge in [-0.05, 0) is 38.3 Å². The van der Waals surface area contributed by atoms with Crippen molar-refractivity contribution in [2.75, 3.05) is 13.7 Å². The van der Waals surface area contributed by atoms with Gasteiger partial charge in [-0.3, -0.25) is 9.78 Å². The molecule has 0 spiro atoms. The fourth-order valence-corrected chi connectivity index (χ4v) is 2.42. The Bertz CT molecular complexity index is 487. The molecule has 102 valence electrons. The molecule has 1 atom stereocenters. The first-order valence-electron chi connectivity index (χ1n) is 6.45. The van der Waals surface area contributed by atoms with E-state index in [2.05, 4.69) is 4.98 Å². The Morgan fingerprint density at radius 1 is 1.42 bits per heavy atom. The maximum Gasteiger partial charge on any atom is 0.328 e. The molecule has 5 nitrogen and oxygen atoms in total. The van der Waals surface area contributed by atoms with Gasteiger partial charge in [0.2, 0.25) is 0 Å². The molecule has 1 unspecified atom stereocenters. The van der Waals surface area contributed by atoms with Crippen molar-refractivity contribution in [2.24, 2.45) is 0 Å². The molecule has 0 saturated carbocycles. The van der Waals surface area contributed by atoms with Gasteiger partial charge in [0.25, 0.3) is 5.91 Å². The van der Waals surface area contributed by atoms with Crippen molar-refractivity contribution in [3.8, 4) is 0 Å². The van der Waals surface area contributed by atoms with Crippen LogP contribution in [0.1, 0.15) is 35.3 Å². The number of carbonyl (C=O) groups excluding carboxylic acids is 2. The van der Waals surface area contributed by atoms with E-state index in [9.17, 15) is 9.59 Å². The van der Waals surface area contributed by atoms with Gasteiger partial charge < -0.3 is 9.64 Å². The highest BCUT2D eigenvalue weighted by Gasteiger charge is 2.33. The van der Waals surface area contributed by atoms with Gasteiger partial charge in [0.15, 0.2) is 0 Å². The van der Waals surface area contributed by atoms with Crippen LogP contribution in [0.3, 0.4) is 0 Å². The molecule has 1 amide bonds. The van der Waals surface area contributed by atoms with Crippen molar-refractivity contribution in [3.63, 3.8) is 0 Å². The molecule has 0 aromatic carbocycles. The fraction of sp³-hybridized carbons (Fsp3) is 0.500. The molecule has 1 saturated heterocycles. The standard InChI is InChI=1S/C14H18N2O3/c1-10-11(6-5-8-15-10)13(17)16-9-4-3-7-12(16)14(18)19-2/h5-6,8,12H,3-4,7,9H2,1-2H3. The first-order chi connectivity index (χ1) is 9.15. The molecule has 2 rings (SSSR count). The summed E-state index contributed by atoms with van der Waals surface area (Å²) in [7, 11) is 1.36. The van der Waals surface area contributed by atoms with Gasteiger partial charge >= 0.3 is 5.97 Å². The van der Waals surface area contributed by atoms with E-state index in [0.717, 1.165) is 12.8 Å². The minimum Gasteiger partial charge on any atom is -0.467 e. The number of hydrogen-bond acceptors (Lipinski definition) is 4. The molecule has 0 bridgehead atoms. The van der Waals surface area contributed by atoms with Gasteiger partial charge in [-0.2, -0.15) is 0 Å². The van der Waals surface area contributed by atoms with Gasteiger partial charge in [0.05, 0.1) is 12.7 Å². The Balaban J connectivity index is 2.25. The van der Waals surface area contributed by atoms with Crippen LogP contribution in [0.15, 0.2) is 18.3 Å². The van der Waals surface area contributed by atoms with E-state index in [4.69, 9.17) is 4.74 Å². The normalized spacial score (nSPS) is 19.1. The van der Waals surface area contributed by atoms with Gasteiger partial charge in [0, 0.05) is 18.4 Å². The molecule has 5 heteroatoms.